The zero-order valence-electron chi connectivity index (χ0n) is 18.2. The highest BCUT2D eigenvalue weighted by Gasteiger charge is 2.23. The van der Waals surface area contributed by atoms with Crippen LogP contribution in [0.3, 0.4) is 0 Å². The molecule has 2 N–H and O–H groups in total. The first-order valence-corrected chi connectivity index (χ1v) is 10.8. The van der Waals surface area contributed by atoms with Gasteiger partial charge in [-0.25, -0.2) is 9.50 Å². The Bertz CT molecular complexity index is 969. The number of likely N-dealkylation sites (tertiary alicyclic amines) is 1. The lowest BCUT2D eigenvalue weighted by molar-refractivity contribution is 0.153. The summed E-state index contributed by atoms with van der Waals surface area (Å²) in [6, 6.07) is 3.30. The first-order chi connectivity index (χ1) is 13.9. The van der Waals surface area contributed by atoms with Crippen LogP contribution in [0.4, 0.5) is 0 Å². The number of aromatic nitrogens is 5. The van der Waals surface area contributed by atoms with Crippen molar-refractivity contribution in [2.24, 2.45) is 0 Å². The predicted molar refractivity (Wildman–Crippen MR) is 116 cm³/mol. The number of pyridine rings is 1. The highest BCUT2D eigenvalue weighted by Crippen LogP contribution is 2.31. The van der Waals surface area contributed by atoms with Crippen LogP contribution in [0.15, 0.2) is 18.6 Å². The number of piperidine rings is 1. The number of rotatable bonds is 6. The van der Waals surface area contributed by atoms with Crippen molar-refractivity contribution < 1.29 is 0 Å². The van der Waals surface area contributed by atoms with Crippen molar-refractivity contribution in [2.75, 3.05) is 13.1 Å². The van der Waals surface area contributed by atoms with Gasteiger partial charge in [0.15, 0.2) is 5.65 Å². The van der Waals surface area contributed by atoms with E-state index in [-0.39, 0.29) is 0 Å². The second kappa shape index (κ2) is 8.24. The van der Waals surface area contributed by atoms with Gasteiger partial charge in [0.1, 0.15) is 6.33 Å². The molecule has 1 atom stereocenters. The molecule has 3 aromatic heterocycles. The summed E-state index contributed by atoms with van der Waals surface area (Å²) < 4.78 is 1.84. The van der Waals surface area contributed by atoms with Gasteiger partial charge < -0.3 is 5.32 Å². The smallest absolute Gasteiger partial charge is 0.158 e. The maximum absolute atomic E-state index is 4.71. The second-order valence-electron chi connectivity index (χ2n) is 8.87. The van der Waals surface area contributed by atoms with Gasteiger partial charge in [-0.3, -0.25) is 10.00 Å². The summed E-state index contributed by atoms with van der Waals surface area (Å²) in [7, 11) is 0. The van der Waals surface area contributed by atoms with Crippen molar-refractivity contribution in [1.82, 2.24) is 35.0 Å². The van der Waals surface area contributed by atoms with Crippen LogP contribution >= 0.6 is 0 Å². The lowest BCUT2D eigenvalue weighted by Crippen LogP contribution is -2.47. The first kappa shape index (κ1) is 20.0. The molecule has 0 aliphatic carbocycles. The van der Waals surface area contributed by atoms with Crippen molar-refractivity contribution in [1.29, 1.82) is 0 Å². The Balaban J connectivity index is 1.56. The van der Waals surface area contributed by atoms with Gasteiger partial charge >= 0.3 is 0 Å². The highest BCUT2D eigenvalue weighted by molar-refractivity contribution is 5.67. The standard InChI is InChI=1S/C22H33N7/c1-14(2)20-19(10-23-18-7-6-8-28(12-18)15(3)4)26-27-21(20)17-9-16(5)22-24-13-25-29(22)11-17/h9,11,13-15,18,23H,6-8,10,12H2,1-5H3,(H,26,27)/t18-/m1/s1. The average Bonchev–Trinajstić information content (AvgIpc) is 3.33. The lowest BCUT2D eigenvalue weighted by atomic mass is 9.96. The molecule has 0 spiro atoms. The van der Waals surface area contributed by atoms with Crippen molar-refractivity contribution in [2.45, 2.75) is 72.0 Å². The Morgan fingerprint density at radius 2 is 2.10 bits per heavy atom. The van der Waals surface area contributed by atoms with Crippen molar-refractivity contribution in [3.8, 4) is 11.3 Å². The second-order valence-corrected chi connectivity index (χ2v) is 8.87. The Morgan fingerprint density at radius 3 is 2.86 bits per heavy atom. The summed E-state index contributed by atoms with van der Waals surface area (Å²) in [5, 5.41) is 16.1. The van der Waals surface area contributed by atoms with Crippen molar-refractivity contribution >= 4 is 5.65 Å². The summed E-state index contributed by atoms with van der Waals surface area (Å²) in [5.74, 6) is 0.380. The van der Waals surface area contributed by atoms with E-state index < -0.39 is 0 Å². The number of aryl methyl sites for hydroxylation is 1. The summed E-state index contributed by atoms with van der Waals surface area (Å²) >= 11 is 0. The van der Waals surface area contributed by atoms with Crippen LogP contribution in [0.25, 0.3) is 16.9 Å². The molecule has 3 aromatic rings. The minimum Gasteiger partial charge on any atom is -0.307 e. The molecular formula is C22H33N7. The molecule has 0 bridgehead atoms. The van der Waals surface area contributed by atoms with Gasteiger partial charge in [0.25, 0.3) is 0 Å². The normalized spacial score (nSPS) is 18.4. The molecule has 0 radical (unpaired) electrons. The third-order valence-corrected chi connectivity index (χ3v) is 6.04. The van der Waals surface area contributed by atoms with Gasteiger partial charge in [0.2, 0.25) is 0 Å². The molecule has 1 saturated heterocycles. The van der Waals surface area contributed by atoms with Gasteiger partial charge in [-0.2, -0.15) is 10.2 Å². The fraction of sp³-hybridized carbons (Fsp3) is 0.591. The third kappa shape index (κ3) is 4.07. The zero-order valence-corrected chi connectivity index (χ0v) is 18.2. The molecule has 0 unspecified atom stereocenters. The van der Waals surface area contributed by atoms with E-state index in [9.17, 15) is 0 Å². The van der Waals surface area contributed by atoms with Crippen LogP contribution in [0.2, 0.25) is 0 Å². The fourth-order valence-corrected chi connectivity index (χ4v) is 4.48. The summed E-state index contributed by atoms with van der Waals surface area (Å²) in [5.41, 5.74) is 6.57. The number of nitrogens with one attached hydrogen (secondary N) is 2. The molecule has 0 aromatic carbocycles. The Kier molecular flexibility index (Phi) is 5.69. The quantitative estimate of drug-likeness (QED) is 0.668. The maximum Gasteiger partial charge on any atom is 0.158 e. The van der Waals surface area contributed by atoms with Crippen LogP contribution in [0, 0.1) is 6.92 Å². The van der Waals surface area contributed by atoms with Crippen molar-refractivity contribution in [3.63, 3.8) is 0 Å². The molecule has 0 saturated carbocycles. The van der Waals surface area contributed by atoms with Gasteiger partial charge in [-0.05, 0) is 57.7 Å². The predicted octanol–water partition coefficient (Wildman–Crippen LogP) is 3.51. The number of nitrogens with zero attached hydrogens (tertiary/aromatic N) is 5. The molecule has 7 nitrogen and oxygen atoms in total. The van der Waals surface area contributed by atoms with E-state index in [0.717, 1.165) is 35.6 Å². The van der Waals surface area contributed by atoms with E-state index >= 15 is 0 Å². The SMILES string of the molecule is Cc1cc(-c2n[nH]c(CN[C@@H]3CCCN(C(C)C)C3)c2C(C)C)cn2ncnc12. The molecule has 29 heavy (non-hydrogen) atoms. The maximum atomic E-state index is 4.71. The summed E-state index contributed by atoms with van der Waals surface area (Å²) in [6.07, 6.45) is 6.12. The average molecular weight is 396 g/mol. The summed E-state index contributed by atoms with van der Waals surface area (Å²) in [4.78, 5) is 6.89. The highest BCUT2D eigenvalue weighted by atomic mass is 15.3. The lowest BCUT2D eigenvalue weighted by Gasteiger charge is -2.35. The molecule has 4 rings (SSSR count). The van der Waals surface area contributed by atoms with Crippen LogP contribution in [-0.4, -0.2) is 54.9 Å². The molecule has 1 aliphatic rings. The van der Waals surface area contributed by atoms with E-state index in [0.29, 0.717) is 18.0 Å². The monoisotopic (exact) mass is 395 g/mol. The zero-order chi connectivity index (χ0) is 20.5. The fourth-order valence-electron chi connectivity index (χ4n) is 4.48. The topological polar surface area (TPSA) is 74.1 Å². The molecular weight excluding hydrogens is 362 g/mol. The van der Waals surface area contributed by atoms with Gasteiger partial charge in [-0.1, -0.05) is 13.8 Å². The summed E-state index contributed by atoms with van der Waals surface area (Å²) in [6.45, 7) is 14.3. The Hall–Kier alpha value is -2.25. The van der Waals surface area contributed by atoms with Crippen LogP contribution in [0.5, 0.6) is 0 Å². The Morgan fingerprint density at radius 1 is 1.28 bits per heavy atom. The minimum absolute atomic E-state index is 0.380. The number of hydrogen-bond donors (Lipinski definition) is 2. The van der Waals surface area contributed by atoms with Crippen LogP contribution < -0.4 is 5.32 Å². The van der Waals surface area contributed by atoms with E-state index in [1.807, 2.05) is 10.7 Å². The van der Waals surface area contributed by atoms with Crippen LogP contribution in [-0.2, 0) is 6.54 Å². The Labute approximate surface area is 172 Å². The van der Waals surface area contributed by atoms with Crippen molar-refractivity contribution in [3.05, 3.63) is 35.4 Å². The van der Waals surface area contributed by atoms with Crippen LogP contribution in [0.1, 0.15) is 63.3 Å². The third-order valence-electron chi connectivity index (χ3n) is 6.04. The van der Waals surface area contributed by atoms with Gasteiger partial charge in [0.05, 0.1) is 11.4 Å². The molecule has 0 amide bonds. The minimum atomic E-state index is 0.380. The number of hydrogen-bond acceptors (Lipinski definition) is 5. The number of H-pyrrole nitrogens is 1. The number of fused-ring (bicyclic) bond motifs is 1. The molecule has 1 aliphatic heterocycles. The van der Waals surface area contributed by atoms with E-state index in [1.165, 1.54) is 30.6 Å². The van der Waals surface area contributed by atoms with E-state index in [4.69, 9.17) is 5.10 Å². The van der Waals surface area contributed by atoms with Gasteiger partial charge in [0, 0.05) is 42.5 Å². The largest absolute Gasteiger partial charge is 0.307 e. The first-order valence-electron chi connectivity index (χ1n) is 10.8. The molecule has 156 valence electrons. The van der Waals surface area contributed by atoms with E-state index in [1.54, 1.807) is 6.33 Å². The molecule has 1 fully saturated rings. The van der Waals surface area contributed by atoms with Gasteiger partial charge in [-0.15, -0.1) is 0 Å². The molecule has 4 heterocycles. The molecule has 7 heteroatoms. The number of aromatic amines is 1. The van der Waals surface area contributed by atoms with E-state index in [2.05, 4.69) is 66.1 Å².